The lowest BCUT2D eigenvalue weighted by Gasteiger charge is -2.33. The third-order valence-corrected chi connectivity index (χ3v) is 4.50. The Morgan fingerprint density at radius 3 is 2.52 bits per heavy atom. The molecule has 0 bridgehead atoms. The molecule has 1 saturated heterocycles. The molecular weight excluding hydrogens is 264 g/mol. The van der Waals surface area contributed by atoms with Crippen LogP contribution in [-0.2, 0) is 4.79 Å². The molecule has 1 fully saturated rings. The van der Waals surface area contributed by atoms with Gasteiger partial charge in [0.25, 0.3) is 0 Å². The van der Waals surface area contributed by atoms with Gasteiger partial charge in [-0.25, -0.2) is 0 Å². The summed E-state index contributed by atoms with van der Waals surface area (Å²) >= 11 is 0. The second kappa shape index (κ2) is 10.2. The molecule has 1 aliphatic rings. The largest absolute Gasteiger partial charge is 0.481 e. The molecule has 4 nitrogen and oxygen atoms in total. The van der Waals surface area contributed by atoms with E-state index in [1.807, 2.05) is 0 Å². The van der Waals surface area contributed by atoms with Crippen molar-refractivity contribution in [3.05, 3.63) is 0 Å². The standard InChI is InChI=1S/C17H34N2O2/c1-4-18(14-15(2)3)11-7-16-8-12-19(13-9-16)10-5-6-17(20)21/h15-16H,4-14H2,1-3H3,(H,20,21). The summed E-state index contributed by atoms with van der Waals surface area (Å²) in [6.07, 6.45) is 4.99. The molecule has 1 heterocycles. The first-order valence-corrected chi connectivity index (χ1v) is 8.67. The fraction of sp³-hybridized carbons (Fsp3) is 0.941. The zero-order valence-electron chi connectivity index (χ0n) is 14.2. The Morgan fingerprint density at radius 2 is 2.00 bits per heavy atom. The minimum Gasteiger partial charge on any atom is -0.481 e. The molecule has 1 N–H and O–H groups in total. The van der Waals surface area contributed by atoms with Gasteiger partial charge >= 0.3 is 5.97 Å². The Balaban J connectivity index is 2.13. The summed E-state index contributed by atoms with van der Waals surface area (Å²) in [6, 6.07) is 0. The molecule has 124 valence electrons. The number of rotatable bonds is 10. The van der Waals surface area contributed by atoms with Gasteiger partial charge in [0.15, 0.2) is 0 Å². The maximum atomic E-state index is 10.5. The van der Waals surface area contributed by atoms with E-state index in [0.717, 1.165) is 44.4 Å². The lowest BCUT2D eigenvalue weighted by molar-refractivity contribution is -0.137. The van der Waals surface area contributed by atoms with Crippen molar-refractivity contribution in [1.29, 1.82) is 0 Å². The Morgan fingerprint density at radius 1 is 1.33 bits per heavy atom. The van der Waals surface area contributed by atoms with Crippen LogP contribution in [0.4, 0.5) is 0 Å². The van der Waals surface area contributed by atoms with Crippen LogP contribution >= 0.6 is 0 Å². The number of hydrogen-bond donors (Lipinski definition) is 1. The Bertz CT molecular complexity index is 287. The van der Waals surface area contributed by atoms with Gasteiger partial charge in [0.2, 0.25) is 0 Å². The van der Waals surface area contributed by atoms with E-state index in [4.69, 9.17) is 5.11 Å². The molecular formula is C17H34N2O2. The van der Waals surface area contributed by atoms with Gasteiger partial charge in [-0.1, -0.05) is 20.8 Å². The number of carboxylic acid groups (broad SMARTS) is 1. The first-order chi connectivity index (χ1) is 10.0. The number of aliphatic carboxylic acids is 1. The average Bonchev–Trinajstić information content (AvgIpc) is 2.44. The summed E-state index contributed by atoms with van der Waals surface area (Å²) < 4.78 is 0. The van der Waals surface area contributed by atoms with E-state index in [-0.39, 0.29) is 0 Å². The van der Waals surface area contributed by atoms with Gasteiger partial charge in [0.05, 0.1) is 0 Å². The van der Waals surface area contributed by atoms with E-state index in [0.29, 0.717) is 6.42 Å². The maximum absolute atomic E-state index is 10.5. The number of piperidine rings is 1. The van der Waals surface area contributed by atoms with Crippen molar-refractivity contribution in [3.63, 3.8) is 0 Å². The van der Waals surface area contributed by atoms with Crippen molar-refractivity contribution in [2.45, 2.75) is 52.9 Å². The molecule has 0 atom stereocenters. The minimum absolute atomic E-state index is 0.306. The first kappa shape index (κ1) is 18.4. The molecule has 0 spiro atoms. The monoisotopic (exact) mass is 298 g/mol. The van der Waals surface area contributed by atoms with Crippen molar-refractivity contribution in [3.8, 4) is 0 Å². The number of nitrogens with zero attached hydrogens (tertiary/aromatic N) is 2. The van der Waals surface area contributed by atoms with Crippen LogP contribution in [0.2, 0.25) is 0 Å². The van der Waals surface area contributed by atoms with E-state index < -0.39 is 5.97 Å². The van der Waals surface area contributed by atoms with Crippen LogP contribution in [0.25, 0.3) is 0 Å². The lowest BCUT2D eigenvalue weighted by Crippen LogP contribution is -2.36. The third-order valence-electron chi connectivity index (χ3n) is 4.50. The molecule has 0 amide bonds. The van der Waals surface area contributed by atoms with Crippen LogP contribution in [0.3, 0.4) is 0 Å². The fourth-order valence-corrected chi connectivity index (χ4v) is 3.21. The van der Waals surface area contributed by atoms with Gasteiger partial charge in [0.1, 0.15) is 0 Å². The number of carboxylic acids is 1. The summed E-state index contributed by atoms with van der Waals surface area (Å²) in [5, 5.41) is 8.67. The van der Waals surface area contributed by atoms with Gasteiger partial charge in [-0.05, 0) is 70.2 Å². The van der Waals surface area contributed by atoms with Crippen molar-refractivity contribution in [2.24, 2.45) is 11.8 Å². The summed E-state index contributed by atoms with van der Waals surface area (Å²) in [6.45, 7) is 13.7. The summed E-state index contributed by atoms with van der Waals surface area (Å²) in [5.41, 5.74) is 0. The minimum atomic E-state index is -0.672. The van der Waals surface area contributed by atoms with Crippen molar-refractivity contribution in [2.75, 3.05) is 39.3 Å². The molecule has 0 aliphatic carbocycles. The van der Waals surface area contributed by atoms with Crippen LogP contribution in [-0.4, -0.2) is 60.1 Å². The van der Waals surface area contributed by atoms with E-state index in [9.17, 15) is 4.79 Å². The summed E-state index contributed by atoms with van der Waals surface area (Å²) in [4.78, 5) is 15.5. The van der Waals surface area contributed by atoms with Gasteiger partial charge in [-0.2, -0.15) is 0 Å². The average molecular weight is 298 g/mol. The Hall–Kier alpha value is -0.610. The molecule has 0 aromatic rings. The van der Waals surface area contributed by atoms with Crippen molar-refractivity contribution >= 4 is 5.97 Å². The highest BCUT2D eigenvalue weighted by Crippen LogP contribution is 2.21. The predicted molar refractivity (Wildman–Crippen MR) is 87.6 cm³/mol. The molecule has 0 saturated carbocycles. The van der Waals surface area contributed by atoms with E-state index in [1.54, 1.807) is 0 Å². The van der Waals surface area contributed by atoms with Crippen LogP contribution in [0.1, 0.15) is 52.9 Å². The van der Waals surface area contributed by atoms with Crippen molar-refractivity contribution < 1.29 is 9.90 Å². The lowest BCUT2D eigenvalue weighted by atomic mass is 9.93. The smallest absolute Gasteiger partial charge is 0.303 e. The van der Waals surface area contributed by atoms with Crippen LogP contribution in [0.5, 0.6) is 0 Å². The van der Waals surface area contributed by atoms with Crippen LogP contribution < -0.4 is 0 Å². The molecule has 0 unspecified atom stereocenters. The fourth-order valence-electron chi connectivity index (χ4n) is 3.21. The molecule has 1 rings (SSSR count). The molecule has 0 aromatic carbocycles. The van der Waals surface area contributed by atoms with Gasteiger partial charge in [-0.3, -0.25) is 4.79 Å². The van der Waals surface area contributed by atoms with Gasteiger partial charge in [0, 0.05) is 13.0 Å². The predicted octanol–water partition coefficient (Wildman–Crippen LogP) is 2.93. The molecule has 0 aromatic heterocycles. The zero-order valence-corrected chi connectivity index (χ0v) is 14.2. The highest BCUT2D eigenvalue weighted by molar-refractivity contribution is 5.66. The Kier molecular flexibility index (Phi) is 8.93. The quantitative estimate of drug-likeness (QED) is 0.673. The van der Waals surface area contributed by atoms with Crippen LogP contribution in [0.15, 0.2) is 0 Å². The topological polar surface area (TPSA) is 43.8 Å². The van der Waals surface area contributed by atoms with Crippen molar-refractivity contribution in [1.82, 2.24) is 9.80 Å². The maximum Gasteiger partial charge on any atom is 0.303 e. The normalized spacial score (nSPS) is 17.8. The summed E-state index contributed by atoms with van der Waals surface area (Å²) in [5.74, 6) is 0.942. The third kappa shape index (κ3) is 8.42. The first-order valence-electron chi connectivity index (χ1n) is 8.67. The SMILES string of the molecule is CCN(CCC1CCN(CCCC(=O)O)CC1)CC(C)C. The zero-order chi connectivity index (χ0) is 15.7. The molecule has 1 aliphatic heterocycles. The molecule has 0 radical (unpaired) electrons. The molecule has 21 heavy (non-hydrogen) atoms. The van der Waals surface area contributed by atoms with Crippen LogP contribution in [0, 0.1) is 11.8 Å². The Labute approximate surface area is 130 Å². The van der Waals surface area contributed by atoms with Gasteiger partial charge < -0.3 is 14.9 Å². The highest BCUT2D eigenvalue weighted by Gasteiger charge is 2.19. The second-order valence-corrected chi connectivity index (χ2v) is 6.86. The number of hydrogen-bond acceptors (Lipinski definition) is 3. The van der Waals surface area contributed by atoms with Gasteiger partial charge in [-0.15, -0.1) is 0 Å². The number of likely N-dealkylation sites (tertiary alicyclic amines) is 1. The van der Waals surface area contributed by atoms with E-state index >= 15 is 0 Å². The molecule has 4 heteroatoms. The van der Waals surface area contributed by atoms with E-state index in [2.05, 4.69) is 30.6 Å². The second-order valence-electron chi connectivity index (χ2n) is 6.86. The van der Waals surface area contributed by atoms with E-state index in [1.165, 1.54) is 32.4 Å². The highest BCUT2D eigenvalue weighted by atomic mass is 16.4. The summed E-state index contributed by atoms with van der Waals surface area (Å²) in [7, 11) is 0. The number of carbonyl (C=O) groups is 1.